The largest absolute Gasteiger partial charge is 0.497 e. The maximum absolute atomic E-state index is 12.9. The van der Waals surface area contributed by atoms with Crippen molar-refractivity contribution in [1.29, 1.82) is 0 Å². The van der Waals surface area contributed by atoms with E-state index in [0.29, 0.717) is 18.1 Å². The number of hydrogen-bond acceptors (Lipinski definition) is 6. The number of nitrogens with zero attached hydrogens (tertiary/aromatic N) is 3. The molecule has 1 amide bonds. The summed E-state index contributed by atoms with van der Waals surface area (Å²) in [5.74, 6) is 2.51. The third kappa shape index (κ3) is 3.62. The summed E-state index contributed by atoms with van der Waals surface area (Å²) in [6, 6.07) is 7.70. The first-order chi connectivity index (χ1) is 15.3. The molecule has 3 aliphatic rings. The van der Waals surface area contributed by atoms with E-state index < -0.39 is 0 Å². The van der Waals surface area contributed by atoms with Crippen LogP contribution in [0.3, 0.4) is 0 Å². The number of hydrogen-bond donors (Lipinski definition) is 0. The quantitative estimate of drug-likeness (QED) is 0.708. The number of piperidine rings is 1. The summed E-state index contributed by atoms with van der Waals surface area (Å²) in [5.41, 5.74) is 1.31. The lowest BCUT2D eigenvalue weighted by molar-refractivity contribution is -0.173. The zero-order valence-electron chi connectivity index (χ0n) is 19.3. The summed E-state index contributed by atoms with van der Waals surface area (Å²) >= 11 is 0. The van der Waals surface area contributed by atoms with Gasteiger partial charge in [-0.2, -0.15) is 0 Å². The number of amides is 1. The molecule has 7 heteroatoms. The molecule has 1 spiro atoms. The molecule has 170 valence electrons. The van der Waals surface area contributed by atoms with Crippen LogP contribution >= 0.6 is 0 Å². The van der Waals surface area contributed by atoms with Crippen LogP contribution in [0.1, 0.15) is 61.1 Å². The van der Waals surface area contributed by atoms with Crippen LogP contribution in [0.2, 0.25) is 0 Å². The molecule has 0 aliphatic carbocycles. The number of benzene rings is 1. The highest BCUT2D eigenvalue weighted by Gasteiger charge is 2.53. The Morgan fingerprint density at radius 2 is 2.00 bits per heavy atom. The van der Waals surface area contributed by atoms with Gasteiger partial charge in [-0.3, -0.25) is 4.79 Å². The van der Waals surface area contributed by atoms with Crippen molar-refractivity contribution in [3.63, 3.8) is 0 Å². The predicted octanol–water partition coefficient (Wildman–Crippen LogP) is 3.96. The van der Waals surface area contributed by atoms with Gasteiger partial charge in [-0.25, -0.2) is 9.97 Å². The van der Waals surface area contributed by atoms with Crippen molar-refractivity contribution in [3.05, 3.63) is 47.5 Å². The second-order valence-corrected chi connectivity index (χ2v) is 9.93. The molecule has 2 aromatic rings. The first-order valence-electron chi connectivity index (χ1n) is 11.4. The molecular weight excluding hydrogens is 406 g/mol. The summed E-state index contributed by atoms with van der Waals surface area (Å²) in [6.07, 6.45) is 4.56. The smallest absolute Gasteiger partial charge is 0.272 e. The lowest BCUT2D eigenvalue weighted by Gasteiger charge is -2.54. The van der Waals surface area contributed by atoms with Crippen LogP contribution in [0, 0.1) is 18.3 Å². The van der Waals surface area contributed by atoms with Gasteiger partial charge in [0.25, 0.3) is 5.91 Å². The average Bonchev–Trinajstić information content (AvgIpc) is 2.79. The monoisotopic (exact) mass is 437 g/mol. The van der Waals surface area contributed by atoms with Gasteiger partial charge in [-0.1, -0.05) is 0 Å². The minimum Gasteiger partial charge on any atom is -0.497 e. The number of methoxy groups -OCH3 is 1. The van der Waals surface area contributed by atoms with Crippen LogP contribution in [-0.4, -0.2) is 53.2 Å². The lowest BCUT2D eigenvalue weighted by atomic mass is 9.64. The Bertz CT molecular complexity index is 1030. The summed E-state index contributed by atoms with van der Waals surface area (Å²) in [4.78, 5) is 23.2. The van der Waals surface area contributed by atoms with Gasteiger partial charge < -0.3 is 19.1 Å². The second-order valence-electron chi connectivity index (χ2n) is 9.93. The molecule has 0 bridgehead atoms. The van der Waals surface area contributed by atoms with Gasteiger partial charge in [0.05, 0.1) is 19.8 Å². The molecule has 1 aromatic carbocycles. The molecular formula is C25H31N3O4. The summed E-state index contributed by atoms with van der Waals surface area (Å²) in [6.45, 7) is 8.27. The highest BCUT2D eigenvalue weighted by molar-refractivity contribution is 5.92. The molecule has 0 saturated carbocycles. The normalized spacial score (nSPS) is 25.4. The summed E-state index contributed by atoms with van der Waals surface area (Å²) in [5, 5.41) is 0. The number of rotatable bonds is 2. The maximum atomic E-state index is 12.9. The molecule has 3 aliphatic heterocycles. The van der Waals surface area contributed by atoms with E-state index in [2.05, 4.69) is 29.9 Å². The molecule has 2 atom stereocenters. The Morgan fingerprint density at radius 1 is 1.22 bits per heavy atom. The van der Waals surface area contributed by atoms with Gasteiger partial charge in [0.15, 0.2) is 0 Å². The van der Waals surface area contributed by atoms with E-state index in [0.717, 1.165) is 49.4 Å². The van der Waals surface area contributed by atoms with Crippen LogP contribution < -0.4 is 9.47 Å². The van der Waals surface area contributed by atoms with Crippen LogP contribution in [0.5, 0.6) is 11.5 Å². The Kier molecular flexibility index (Phi) is 5.12. The van der Waals surface area contributed by atoms with Crippen molar-refractivity contribution in [2.24, 2.45) is 11.3 Å². The van der Waals surface area contributed by atoms with Gasteiger partial charge in [0.2, 0.25) is 0 Å². The molecule has 5 rings (SSSR count). The highest BCUT2D eigenvalue weighted by atomic mass is 16.5. The fourth-order valence-corrected chi connectivity index (χ4v) is 5.53. The van der Waals surface area contributed by atoms with Crippen LogP contribution in [0.15, 0.2) is 30.5 Å². The highest BCUT2D eigenvalue weighted by Crippen LogP contribution is 2.55. The topological polar surface area (TPSA) is 73.8 Å². The van der Waals surface area contributed by atoms with Crippen molar-refractivity contribution in [2.45, 2.75) is 51.7 Å². The van der Waals surface area contributed by atoms with Gasteiger partial charge in [-0.05, 0) is 63.6 Å². The van der Waals surface area contributed by atoms with Crippen LogP contribution in [0.4, 0.5) is 0 Å². The zero-order chi connectivity index (χ0) is 22.5. The fourth-order valence-electron chi connectivity index (χ4n) is 5.53. The number of fused-ring (bicyclic) bond motifs is 3. The predicted molar refractivity (Wildman–Crippen MR) is 119 cm³/mol. The summed E-state index contributed by atoms with van der Waals surface area (Å²) in [7, 11) is 1.67. The number of ether oxygens (including phenoxy) is 3. The van der Waals surface area contributed by atoms with E-state index in [4.69, 9.17) is 14.2 Å². The van der Waals surface area contributed by atoms with Crippen LogP contribution in [-0.2, 0) is 4.74 Å². The van der Waals surface area contributed by atoms with E-state index in [1.54, 1.807) is 26.3 Å². The molecule has 0 radical (unpaired) electrons. The van der Waals surface area contributed by atoms with Gasteiger partial charge in [0.1, 0.15) is 28.6 Å². The number of aromatic nitrogens is 2. The molecule has 7 nitrogen and oxygen atoms in total. The van der Waals surface area contributed by atoms with Crippen molar-refractivity contribution < 1.29 is 19.0 Å². The van der Waals surface area contributed by atoms with E-state index >= 15 is 0 Å². The molecule has 2 saturated heterocycles. The number of aryl methyl sites for hydroxylation is 1. The molecule has 2 fully saturated rings. The standard InChI is InChI=1S/C25H31N3O4/c1-16-26-10-7-20(27-16)23(29)28-11-8-25(9-12-28)14-19-22(31-15-25)18-6-5-17(30-4)13-21(18)32-24(19,2)3/h5-7,10,13,19,22H,8-9,11-12,14-15H2,1-4H3/t19-,22+/m0/s1. The maximum Gasteiger partial charge on any atom is 0.272 e. The zero-order valence-corrected chi connectivity index (χ0v) is 19.3. The third-order valence-corrected chi connectivity index (χ3v) is 7.49. The Hall–Kier alpha value is -2.67. The summed E-state index contributed by atoms with van der Waals surface area (Å²) < 4.78 is 18.4. The molecule has 0 unspecified atom stereocenters. The minimum atomic E-state index is -0.344. The SMILES string of the molecule is COc1ccc2c(c1)OC(C)(C)[C@H]1CC3(CCN(C(=O)c4ccnc(C)n4)CC3)CO[C@H]21. The van der Waals surface area contributed by atoms with Gasteiger partial charge in [-0.15, -0.1) is 0 Å². The van der Waals surface area contributed by atoms with Crippen molar-refractivity contribution in [3.8, 4) is 11.5 Å². The Morgan fingerprint density at radius 3 is 2.72 bits per heavy atom. The Labute approximate surface area is 189 Å². The molecule has 1 aromatic heterocycles. The van der Waals surface area contributed by atoms with Crippen molar-refractivity contribution in [1.82, 2.24) is 14.9 Å². The number of likely N-dealkylation sites (tertiary alicyclic amines) is 1. The van der Waals surface area contributed by atoms with Crippen molar-refractivity contribution in [2.75, 3.05) is 26.8 Å². The van der Waals surface area contributed by atoms with Crippen molar-refractivity contribution >= 4 is 5.91 Å². The molecule has 4 heterocycles. The lowest BCUT2D eigenvalue weighted by Crippen LogP contribution is -2.54. The first-order valence-corrected chi connectivity index (χ1v) is 11.4. The van der Waals surface area contributed by atoms with E-state index in [-0.39, 0.29) is 28.9 Å². The molecule has 32 heavy (non-hydrogen) atoms. The number of carbonyl (C=O) groups excluding carboxylic acids is 1. The number of carbonyl (C=O) groups is 1. The second kappa shape index (κ2) is 7.73. The van der Waals surface area contributed by atoms with Gasteiger partial charge in [0, 0.05) is 36.8 Å². The van der Waals surface area contributed by atoms with E-state index in [1.807, 2.05) is 17.0 Å². The third-order valence-electron chi connectivity index (χ3n) is 7.49. The fraction of sp³-hybridized carbons (Fsp3) is 0.560. The molecule has 0 N–H and O–H groups in total. The van der Waals surface area contributed by atoms with E-state index in [9.17, 15) is 4.79 Å². The van der Waals surface area contributed by atoms with Gasteiger partial charge >= 0.3 is 0 Å². The average molecular weight is 438 g/mol. The van der Waals surface area contributed by atoms with E-state index in [1.165, 1.54) is 0 Å². The minimum absolute atomic E-state index is 0.0100. The van der Waals surface area contributed by atoms with Crippen LogP contribution in [0.25, 0.3) is 0 Å². The first kappa shape index (κ1) is 21.2. The Balaban J connectivity index is 1.31.